The molecule has 1 saturated carbocycles. The molecule has 1 aliphatic carbocycles. The number of nitrogens with zero attached hydrogens (tertiary/aromatic N) is 3. The molecule has 1 aliphatic rings. The minimum absolute atomic E-state index is 0.282. The first kappa shape index (κ1) is 29.4. The number of aromatic amines is 1. The molecule has 0 saturated heterocycles. The Balaban J connectivity index is 1.20. The highest BCUT2D eigenvalue weighted by molar-refractivity contribution is 6.16. The number of nitrogens with two attached hydrogens (primary N) is 1. The van der Waals surface area contributed by atoms with E-state index in [2.05, 4.69) is 15.3 Å². The molecule has 3 aromatic carbocycles. The van der Waals surface area contributed by atoms with Gasteiger partial charge in [0.2, 0.25) is 11.8 Å². The lowest BCUT2D eigenvalue weighted by Gasteiger charge is -2.26. The number of rotatable bonds is 10. The molecule has 0 spiro atoms. The number of H-pyrrole nitrogens is 1. The highest BCUT2D eigenvalue weighted by Crippen LogP contribution is 2.49. The van der Waals surface area contributed by atoms with Crippen LogP contribution in [-0.2, 0) is 16.1 Å². The fourth-order valence-electron chi connectivity index (χ4n) is 5.07. The number of carbonyl (C=O) groups excluding carboxylic acids is 3. The third-order valence-electron chi connectivity index (χ3n) is 7.88. The van der Waals surface area contributed by atoms with Crippen LogP contribution in [0.25, 0.3) is 11.0 Å². The Kier molecular flexibility index (Phi) is 7.67. The maximum Gasteiger partial charge on any atom is 0.268 e. The molecule has 3 amide bonds. The predicted octanol–water partition coefficient (Wildman–Crippen LogP) is 5.42. The lowest BCUT2D eigenvalue weighted by molar-refractivity contribution is -0.133. The number of pyridine rings is 1. The van der Waals surface area contributed by atoms with Crippen molar-refractivity contribution in [2.45, 2.75) is 19.4 Å². The zero-order valence-electron chi connectivity index (χ0n) is 24.7. The molecule has 4 N–H and O–H groups in total. The number of benzene rings is 3. The molecular weight excluding hydrogens is 575 g/mol. The summed E-state index contributed by atoms with van der Waals surface area (Å²) in [6.07, 6.45) is 2.29. The molecule has 45 heavy (non-hydrogen) atoms. The van der Waals surface area contributed by atoms with E-state index in [1.54, 1.807) is 42.6 Å². The van der Waals surface area contributed by atoms with Gasteiger partial charge in [-0.2, -0.15) is 0 Å². The molecule has 1 fully saturated rings. The summed E-state index contributed by atoms with van der Waals surface area (Å²) in [4.78, 5) is 49.4. The van der Waals surface area contributed by atoms with E-state index in [1.165, 1.54) is 29.2 Å². The first-order valence-electron chi connectivity index (χ1n) is 14.3. The van der Waals surface area contributed by atoms with Gasteiger partial charge < -0.3 is 25.7 Å². The molecule has 11 heteroatoms. The van der Waals surface area contributed by atoms with Crippen LogP contribution in [-0.4, -0.2) is 41.8 Å². The number of hydrogen-bond donors (Lipinski definition) is 3. The number of fused-ring (bicyclic) bond motifs is 1. The lowest BCUT2D eigenvalue weighted by Crippen LogP contribution is -2.41. The molecule has 10 nitrogen and oxygen atoms in total. The average molecular weight is 607 g/mol. The number of nitrogens with one attached hydrogen (secondary N) is 2. The van der Waals surface area contributed by atoms with Gasteiger partial charge in [0.05, 0.1) is 5.39 Å². The van der Waals surface area contributed by atoms with E-state index in [1.807, 2.05) is 43.3 Å². The van der Waals surface area contributed by atoms with E-state index in [9.17, 15) is 18.8 Å². The third kappa shape index (κ3) is 5.92. The lowest BCUT2D eigenvalue weighted by atomic mass is 10.0. The van der Waals surface area contributed by atoms with E-state index < -0.39 is 23.0 Å². The van der Waals surface area contributed by atoms with E-state index in [0.717, 1.165) is 11.3 Å². The van der Waals surface area contributed by atoms with Crippen LogP contribution in [0, 0.1) is 11.2 Å². The number of anilines is 3. The Labute approximate surface area is 258 Å². The number of carbonyl (C=O) groups is 3. The summed E-state index contributed by atoms with van der Waals surface area (Å²) in [5.74, 6) is -0.944. The van der Waals surface area contributed by atoms with E-state index >= 15 is 0 Å². The molecule has 2 heterocycles. The van der Waals surface area contributed by atoms with Gasteiger partial charge in [-0.25, -0.2) is 9.37 Å². The molecular formula is C34H31FN6O4. The number of halogens is 1. The zero-order valence-corrected chi connectivity index (χ0v) is 24.7. The minimum atomic E-state index is -1.28. The maximum atomic E-state index is 13.7. The molecule has 0 bridgehead atoms. The Bertz CT molecular complexity index is 1880. The predicted molar refractivity (Wildman–Crippen MR) is 169 cm³/mol. The summed E-state index contributed by atoms with van der Waals surface area (Å²) in [5.41, 5.74) is 8.04. The van der Waals surface area contributed by atoms with Crippen molar-refractivity contribution in [2.75, 3.05) is 23.9 Å². The van der Waals surface area contributed by atoms with Crippen LogP contribution in [0.5, 0.6) is 11.5 Å². The quantitative estimate of drug-likeness (QED) is 0.182. The van der Waals surface area contributed by atoms with Crippen LogP contribution in [0.3, 0.4) is 0 Å². The van der Waals surface area contributed by atoms with Crippen molar-refractivity contribution in [3.8, 4) is 11.5 Å². The van der Waals surface area contributed by atoms with Crippen molar-refractivity contribution in [3.63, 3.8) is 0 Å². The van der Waals surface area contributed by atoms with E-state index in [4.69, 9.17) is 10.5 Å². The number of hydrogen-bond acceptors (Lipinski definition) is 6. The summed E-state index contributed by atoms with van der Waals surface area (Å²) >= 11 is 0. The molecule has 0 unspecified atom stereocenters. The molecule has 0 atom stereocenters. The Morgan fingerprint density at radius 1 is 0.933 bits per heavy atom. The normalized spacial score (nSPS) is 13.2. The van der Waals surface area contributed by atoms with E-state index in [0.29, 0.717) is 59.0 Å². The van der Waals surface area contributed by atoms with Crippen molar-refractivity contribution < 1.29 is 23.5 Å². The monoisotopic (exact) mass is 606 g/mol. The summed E-state index contributed by atoms with van der Waals surface area (Å²) in [6, 6.07) is 23.5. The van der Waals surface area contributed by atoms with Crippen LogP contribution in [0.4, 0.5) is 21.5 Å². The first-order valence-corrected chi connectivity index (χ1v) is 14.3. The highest BCUT2D eigenvalue weighted by Gasteiger charge is 2.57. The minimum Gasteiger partial charge on any atom is -0.457 e. The summed E-state index contributed by atoms with van der Waals surface area (Å²) in [6.45, 7) is 0.364. The number of ether oxygens (including phenoxy) is 1. The fourth-order valence-corrected chi connectivity index (χ4v) is 5.07. The molecule has 228 valence electrons. The van der Waals surface area contributed by atoms with Gasteiger partial charge in [0.1, 0.15) is 34.1 Å². The standard InChI is InChI=1S/C34H31FN6O4/c1-40(2)23-7-3-21(4-8-23)20-38-31(42)28-19-27-29(15-18-37-30(27)39-28)45-26-13-11-25(12-14-26)41(24-9-5-22(35)6-10-24)33(44)34(16-17-34)32(36)43/h3-15,18-19H,16-17,20H2,1-2H3,(H2,36,43)(H,37,39)(H,38,42). The third-order valence-corrected chi connectivity index (χ3v) is 7.88. The molecule has 0 aliphatic heterocycles. The van der Waals surface area contributed by atoms with Crippen molar-refractivity contribution >= 4 is 45.8 Å². The van der Waals surface area contributed by atoms with Gasteiger partial charge >= 0.3 is 0 Å². The summed E-state index contributed by atoms with van der Waals surface area (Å²) in [7, 11) is 3.94. The van der Waals surface area contributed by atoms with Gasteiger partial charge in [0.25, 0.3) is 5.91 Å². The second-order valence-corrected chi connectivity index (χ2v) is 11.2. The highest BCUT2D eigenvalue weighted by atomic mass is 19.1. The summed E-state index contributed by atoms with van der Waals surface area (Å²) < 4.78 is 19.8. The van der Waals surface area contributed by atoms with Crippen molar-refractivity contribution in [1.82, 2.24) is 15.3 Å². The van der Waals surface area contributed by atoms with Gasteiger partial charge in [0, 0.05) is 43.9 Å². The SMILES string of the molecule is CN(C)c1ccc(CNC(=O)c2cc3c(Oc4ccc(N(C(=O)C5(C(N)=O)CC5)c5ccc(F)cc5)cc4)ccnc3[nH]2)cc1. The topological polar surface area (TPSA) is 134 Å². The fraction of sp³-hybridized carbons (Fsp3) is 0.176. The Hall–Kier alpha value is -5.71. The van der Waals surface area contributed by atoms with Crippen LogP contribution >= 0.6 is 0 Å². The van der Waals surface area contributed by atoms with Gasteiger partial charge in [-0.05, 0) is 91.2 Å². The molecule has 5 aromatic rings. The largest absolute Gasteiger partial charge is 0.457 e. The van der Waals surface area contributed by atoms with Gasteiger partial charge in [-0.15, -0.1) is 0 Å². The van der Waals surface area contributed by atoms with Crippen molar-refractivity contribution in [2.24, 2.45) is 11.1 Å². The molecule has 2 aromatic heterocycles. The van der Waals surface area contributed by atoms with Crippen LogP contribution < -0.4 is 25.6 Å². The average Bonchev–Trinajstić information content (AvgIpc) is 3.74. The van der Waals surface area contributed by atoms with Crippen LogP contribution in [0.15, 0.2) is 91.1 Å². The smallest absolute Gasteiger partial charge is 0.268 e. The van der Waals surface area contributed by atoms with Gasteiger partial charge in [-0.3, -0.25) is 19.3 Å². The maximum absolute atomic E-state index is 13.7. The van der Waals surface area contributed by atoms with Crippen molar-refractivity contribution in [1.29, 1.82) is 0 Å². The Morgan fingerprint density at radius 2 is 1.56 bits per heavy atom. The van der Waals surface area contributed by atoms with E-state index in [-0.39, 0.29) is 5.91 Å². The second kappa shape index (κ2) is 11.8. The zero-order chi connectivity index (χ0) is 31.7. The van der Waals surface area contributed by atoms with Gasteiger partial charge in [-0.1, -0.05) is 12.1 Å². The molecule has 6 rings (SSSR count). The second-order valence-electron chi connectivity index (χ2n) is 11.2. The number of aromatic nitrogens is 2. The Morgan fingerprint density at radius 3 is 2.16 bits per heavy atom. The first-order chi connectivity index (χ1) is 21.6. The van der Waals surface area contributed by atoms with Crippen LogP contribution in [0.2, 0.25) is 0 Å². The number of amides is 3. The molecule has 0 radical (unpaired) electrons. The van der Waals surface area contributed by atoms with Crippen LogP contribution in [0.1, 0.15) is 28.9 Å². The summed E-state index contributed by atoms with van der Waals surface area (Å²) in [5, 5.41) is 3.54. The number of primary amides is 1. The van der Waals surface area contributed by atoms with Crippen molar-refractivity contribution in [3.05, 3.63) is 108 Å². The van der Waals surface area contributed by atoms with Gasteiger partial charge in [0.15, 0.2) is 0 Å².